The monoisotopic (exact) mass is 297 g/mol. The van der Waals surface area contributed by atoms with Crippen LogP contribution in [0, 0.1) is 11.8 Å². The van der Waals surface area contributed by atoms with Gasteiger partial charge in [-0.3, -0.25) is 4.79 Å². The van der Waals surface area contributed by atoms with Crippen LogP contribution in [0.1, 0.15) is 47.0 Å². The van der Waals surface area contributed by atoms with Gasteiger partial charge in [0.15, 0.2) is 0 Å². The lowest BCUT2D eigenvalue weighted by Crippen LogP contribution is -2.47. The van der Waals surface area contributed by atoms with E-state index in [4.69, 9.17) is 0 Å². The molecule has 1 aliphatic heterocycles. The van der Waals surface area contributed by atoms with Crippen molar-refractivity contribution in [1.29, 1.82) is 0 Å². The molecule has 0 aromatic heterocycles. The first-order valence-corrected chi connectivity index (χ1v) is 8.70. The smallest absolute Gasteiger partial charge is 0.223 e. The van der Waals surface area contributed by atoms with E-state index in [0.29, 0.717) is 12.3 Å². The Bertz CT molecular complexity index is 274. The lowest BCUT2D eigenvalue weighted by Gasteiger charge is -2.29. The van der Waals surface area contributed by atoms with Gasteiger partial charge in [0, 0.05) is 39.1 Å². The molecular weight excluding hydrogens is 262 g/mol. The number of carbonyl (C=O) groups is 1. The molecule has 1 heterocycles. The Morgan fingerprint density at radius 2 is 1.52 bits per heavy atom. The van der Waals surface area contributed by atoms with Crippen molar-refractivity contribution in [3.8, 4) is 0 Å². The maximum absolute atomic E-state index is 12.3. The second-order valence-electron chi connectivity index (χ2n) is 7.09. The van der Waals surface area contributed by atoms with E-state index in [-0.39, 0.29) is 0 Å². The highest BCUT2D eigenvalue weighted by Crippen LogP contribution is 2.08. The maximum Gasteiger partial charge on any atom is 0.223 e. The first kappa shape index (κ1) is 18.4. The van der Waals surface area contributed by atoms with Crippen LogP contribution in [0.25, 0.3) is 0 Å². The second kappa shape index (κ2) is 10.2. The van der Waals surface area contributed by atoms with E-state index in [1.807, 2.05) is 4.90 Å². The number of rotatable bonds is 9. The van der Waals surface area contributed by atoms with E-state index in [9.17, 15) is 4.79 Å². The predicted molar refractivity (Wildman–Crippen MR) is 89.4 cm³/mol. The first-order valence-electron chi connectivity index (χ1n) is 8.70. The number of carbonyl (C=O) groups excluding carboxylic acids is 1. The van der Waals surface area contributed by atoms with Gasteiger partial charge in [0.2, 0.25) is 5.91 Å². The van der Waals surface area contributed by atoms with Gasteiger partial charge in [-0.15, -0.1) is 0 Å². The Kier molecular flexibility index (Phi) is 8.93. The summed E-state index contributed by atoms with van der Waals surface area (Å²) < 4.78 is 0. The molecule has 0 aromatic carbocycles. The minimum atomic E-state index is 0.329. The molecule has 21 heavy (non-hydrogen) atoms. The number of nitrogens with zero attached hydrogens (tertiary/aromatic N) is 2. The molecule has 4 nitrogen and oxygen atoms in total. The summed E-state index contributed by atoms with van der Waals surface area (Å²) in [7, 11) is 0. The highest BCUT2D eigenvalue weighted by Gasteiger charge is 2.17. The Morgan fingerprint density at radius 1 is 1.00 bits per heavy atom. The summed E-state index contributed by atoms with van der Waals surface area (Å²) in [5, 5.41) is 3.30. The Morgan fingerprint density at radius 3 is 2.00 bits per heavy atom. The normalized spacial score (nSPS) is 16.2. The average molecular weight is 297 g/mol. The Hall–Kier alpha value is -0.610. The highest BCUT2D eigenvalue weighted by molar-refractivity contribution is 5.76. The van der Waals surface area contributed by atoms with Crippen LogP contribution >= 0.6 is 0 Å². The van der Waals surface area contributed by atoms with Crippen LogP contribution in [0.2, 0.25) is 0 Å². The SMILES string of the molecule is CC(C)CCN(CCC(=O)N1CCNCC1)CCC(C)C. The van der Waals surface area contributed by atoms with E-state index in [1.165, 1.54) is 12.8 Å². The topological polar surface area (TPSA) is 35.6 Å². The third kappa shape index (κ3) is 8.42. The first-order chi connectivity index (χ1) is 9.99. The summed E-state index contributed by atoms with van der Waals surface area (Å²) in [5.41, 5.74) is 0. The summed E-state index contributed by atoms with van der Waals surface area (Å²) >= 11 is 0. The lowest BCUT2D eigenvalue weighted by atomic mass is 10.1. The zero-order chi connectivity index (χ0) is 15.7. The second-order valence-corrected chi connectivity index (χ2v) is 7.09. The zero-order valence-corrected chi connectivity index (χ0v) is 14.5. The molecule has 0 bridgehead atoms. The fraction of sp³-hybridized carbons (Fsp3) is 0.941. The van der Waals surface area contributed by atoms with Gasteiger partial charge in [0.25, 0.3) is 0 Å². The van der Waals surface area contributed by atoms with Gasteiger partial charge in [-0.1, -0.05) is 27.7 Å². The Balaban J connectivity index is 2.33. The molecule has 4 heteroatoms. The predicted octanol–water partition coefficient (Wildman–Crippen LogP) is 2.20. The highest BCUT2D eigenvalue weighted by atomic mass is 16.2. The van der Waals surface area contributed by atoms with Gasteiger partial charge in [-0.25, -0.2) is 0 Å². The summed E-state index contributed by atoms with van der Waals surface area (Å²) in [6, 6.07) is 0. The minimum Gasteiger partial charge on any atom is -0.340 e. The van der Waals surface area contributed by atoms with Crippen molar-refractivity contribution in [3.05, 3.63) is 0 Å². The largest absolute Gasteiger partial charge is 0.340 e. The van der Waals surface area contributed by atoms with E-state index in [1.54, 1.807) is 0 Å². The van der Waals surface area contributed by atoms with Crippen molar-refractivity contribution in [2.75, 3.05) is 45.8 Å². The summed E-state index contributed by atoms with van der Waals surface area (Å²) in [5.74, 6) is 1.79. The molecule has 0 aromatic rings. The lowest BCUT2D eigenvalue weighted by molar-refractivity contribution is -0.132. The van der Waals surface area contributed by atoms with Gasteiger partial charge in [-0.05, 0) is 37.8 Å². The molecule has 0 unspecified atom stereocenters. The van der Waals surface area contributed by atoms with Gasteiger partial charge in [-0.2, -0.15) is 0 Å². The average Bonchev–Trinajstić information content (AvgIpc) is 2.46. The summed E-state index contributed by atoms with van der Waals surface area (Å²) in [4.78, 5) is 16.7. The van der Waals surface area contributed by atoms with Crippen LogP contribution in [0.4, 0.5) is 0 Å². The van der Waals surface area contributed by atoms with Crippen LogP contribution in [-0.4, -0.2) is 61.5 Å². The molecule has 1 aliphatic rings. The molecular formula is C17H35N3O. The number of piperazine rings is 1. The standard InChI is InChI=1S/C17H35N3O/c1-15(2)5-10-19(11-6-16(3)4)12-7-17(21)20-13-8-18-9-14-20/h15-16,18H,5-14H2,1-4H3. The van der Waals surface area contributed by atoms with E-state index >= 15 is 0 Å². The van der Waals surface area contributed by atoms with Crippen LogP contribution in [0.15, 0.2) is 0 Å². The van der Waals surface area contributed by atoms with Crippen LogP contribution < -0.4 is 5.32 Å². The molecule has 124 valence electrons. The van der Waals surface area contributed by atoms with Gasteiger partial charge in [0.1, 0.15) is 0 Å². The summed E-state index contributed by atoms with van der Waals surface area (Å²) in [6.45, 7) is 15.9. The molecule has 0 saturated carbocycles. The third-order valence-corrected chi connectivity index (χ3v) is 4.16. The minimum absolute atomic E-state index is 0.329. The van der Waals surface area contributed by atoms with Crippen molar-refractivity contribution in [2.24, 2.45) is 11.8 Å². The molecule has 0 atom stereocenters. The zero-order valence-electron chi connectivity index (χ0n) is 14.5. The van der Waals surface area contributed by atoms with Crippen LogP contribution in [0.5, 0.6) is 0 Å². The molecule has 1 N–H and O–H groups in total. The van der Waals surface area contributed by atoms with Crippen LogP contribution in [-0.2, 0) is 4.79 Å². The van der Waals surface area contributed by atoms with Crippen molar-refractivity contribution in [1.82, 2.24) is 15.1 Å². The van der Waals surface area contributed by atoms with Crippen molar-refractivity contribution < 1.29 is 4.79 Å². The van der Waals surface area contributed by atoms with Gasteiger partial charge < -0.3 is 15.1 Å². The Labute approximate surface area is 131 Å². The number of nitrogens with one attached hydrogen (secondary N) is 1. The third-order valence-electron chi connectivity index (χ3n) is 4.16. The fourth-order valence-electron chi connectivity index (χ4n) is 2.54. The maximum atomic E-state index is 12.3. The quantitative estimate of drug-likeness (QED) is 0.709. The van der Waals surface area contributed by atoms with Crippen molar-refractivity contribution in [3.63, 3.8) is 0 Å². The number of hydrogen-bond donors (Lipinski definition) is 1. The molecule has 1 amide bonds. The van der Waals surface area contributed by atoms with E-state index in [0.717, 1.165) is 57.6 Å². The summed E-state index contributed by atoms with van der Waals surface area (Å²) in [6.07, 6.45) is 3.12. The van der Waals surface area contributed by atoms with Gasteiger partial charge in [0.05, 0.1) is 0 Å². The molecule has 1 saturated heterocycles. The van der Waals surface area contributed by atoms with E-state index in [2.05, 4.69) is 37.9 Å². The van der Waals surface area contributed by atoms with E-state index < -0.39 is 0 Å². The number of hydrogen-bond acceptors (Lipinski definition) is 3. The fourth-order valence-corrected chi connectivity index (χ4v) is 2.54. The van der Waals surface area contributed by atoms with Crippen molar-refractivity contribution >= 4 is 5.91 Å². The van der Waals surface area contributed by atoms with Crippen molar-refractivity contribution in [2.45, 2.75) is 47.0 Å². The molecule has 1 fully saturated rings. The van der Waals surface area contributed by atoms with Gasteiger partial charge >= 0.3 is 0 Å². The molecule has 0 aliphatic carbocycles. The van der Waals surface area contributed by atoms with Crippen LogP contribution in [0.3, 0.4) is 0 Å². The molecule has 0 spiro atoms. The molecule has 1 rings (SSSR count). The number of amides is 1. The molecule has 0 radical (unpaired) electrons.